The zero-order valence-corrected chi connectivity index (χ0v) is 9.15. The maximum Gasteiger partial charge on any atom is 0.179 e. The molecule has 0 aliphatic rings. The van der Waals surface area contributed by atoms with Crippen molar-refractivity contribution in [1.82, 2.24) is 0 Å². The van der Waals surface area contributed by atoms with E-state index in [1.165, 1.54) is 0 Å². The Morgan fingerprint density at radius 3 is 2.67 bits per heavy atom. The lowest BCUT2D eigenvalue weighted by Gasteiger charge is -2.02. The molecule has 0 aliphatic heterocycles. The molecule has 1 aromatic rings. The first-order valence-electron chi connectivity index (χ1n) is 4.02. The normalized spacial score (nSPS) is 11.0. The highest BCUT2D eigenvalue weighted by Crippen LogP contribution is 2.20. The molecule has 80 valence electrons. The maximum atomic E-state index is 12.8. The zero-order valence-electron chi connectivity index (χ0n) is 7.57. The van der Waals surface area contributed by atoms with Crippen LogP contribution in [0, 0.1) is 17.1 Å². The predicted molar refractivity (Wildman–Crippen MR) is 53.7 cm³/mol. The van der Waals surface area contributed by atoms with Gasteiger partial charge >= 0.3 is 0 Å². The molecule has 3 nitrogen and oxygen atoms in total. The van der Waals surface area contributed by atoms with E-state index in [9.17, 15) is 12.8 Å². The second-order valence-electron chi connectivity index (χ2n) is 2.80. The summed E-state index contributed by atoms with van der Waals surface area (Å²) in [5.74, 6) is -0.957. The van der Waals surface area contributed by atoms with Crippen molar-refractivity contribution in [3.8, 4) is 6.07 Å². The van der Waals surface area contributed by atoms with Gasteiger partial charge in [-0.25, -0.2) is 12.8 Å². The van der Waals surface area contributed by atoms with Gasteiger partial charge in [0, 0.05) is 6.42 Å². The van der Waals surface area contributed by atoms with E-state index in [2.05, 4.69) is 0 Å². The number of nitrogens with zero attached hydrogens (tertiary/aromatic N) is 1. The molecule has 0 radical (unpaired) electrons. The summed E-state index contributed by atoms with van der Waals surface area (Å²) in [6.07, 6.45) is -0.0999. The third kappa shape index (κ3) is 2.91. The van der Waals surface area contributed by atoms with Crippen molar-refractivity contribution in [2.24, 2.45) is 0 Å². The maximum absolute atomic E-state index is 12.8. The minimum atomic E-state index is -3.54. The second kappa shape index (κ2) is 4.60. The molecule has 0 unspecified atom stereocenters. The van der Waals surface area contributed by atoms with Crippen LogP contribution in [0.3, 0.4) is 0 Å². The first-order valence-corrected chi connectivity index (χ1v) is 6.05. The Morgan fingerprint density at radius 1 is 1.47 bits per heavy atom. The smallest absolute Gasteiger partial charge is 0.179 e. The van der Waals surface area contributed by atoms with Gasteiger partial charge in [0.2, 0.25) is 0 Å². The van der Waals surface area contributed by atoms with Crippen molar-refractivity contribution in [2.45, 2.75) is 11.3 Å². The molecule has 0 bridgehead atoms. The quantitative estimate of drug-likeness (QED) is 0.769. The standard InChI is InChI=1S/C9H7ClFNO2S/c10-8-6-7(2-3-9(8)11)15(13,14)5-1-4-12/h2-3,6H,1,5H2. The van der Waals surface area contributed by atoms with Gasteiger partial charge in [-0.1, -0.05) is 11.6 Å². The summed E-state index contributed by atoms with van der Waals surface area (Å²) in [7, 11) is -3.54. The molecule has 0 fully saturated rings. The molecule has 0 saturated carbocycles. The molecule has 15 heavy (non-hydrogen) atoms. The molecule has 0 aromatic heterocycles. The van der Waals surface area contributed by atoms with E-state index in [-0.39, 0.29) is 22.1 Å². The van der Waals surface area contributed by atoms with Crippen molar-refractivity contribution >= 4 is 21.4 Å². The minimum absolute atomic E-state index is 0.0656. The van der Waals surface area contributed by atoms with Gasteiger partial charge in [0.1, 0.15) is 5.82 Å². The van der Waals surface area contributed by atoms with Crippen LogP contribution in [0.15, 0.2) is 23.1 Å². The van der Waals surface area contributed by atoms with Crippen LogP contribution in [-0.2, 0) is 9.84 Å². The molecule has 0 spiro atoms. The fourth-order valence-electron chi connectivity index (χ4n) is 0.968. The van der Waals surface area contributed by atoms with Crippen LogP contribution < -0.4 is 0 Å². The van der Waals surface area contributed by atoms with Crippen molar-refractivity contribution in [1.29, 1.82) is 5.26 Å². The van der Waals surface area contributed by atoms with Crippen LogP contribution in [0.25, 0.3) is 0 Å². The summed E-state index contributed by atoms with van der Waals surface area (Å²) in [5.41, 5.74) is 0. The fraction of sp³-hybridized carbons (Fsp3) is 0.222. The van der Waals surface area contributed by atoms with E-state index in [4.69, 9.17) is 16.9 Å². The fourth-order valence-corrected chi connectivity index (χ4v) is 2.38. The number of hydrogen-bond acceptors (Lipinski definition) is 3. The van der Waals surface area contributed by atoms with E-state index < -0.39 is 15.7 Å². The largest absolute Gasteiger partial charge is 0.224 e. The van der Waals surface area contributed by atoms with Gasteiger partial charge < -0.3 is 0 Å². The van der Waals surface area contributed by atoms with Gasteiger partial charge in [0.05, 0.1) is 21.7 Å². The Kier molecular flexibility index (Phi) is 3.66. The molecule has 0 amide bonds. The Hall–Kier alpha value is -1.12. The molecule has 0 heterocycles. The number of hydrogen-bond donors (Lipinski definition) is 0. The number of sulfone groups is 1. The average molecular weight is 248 g/mol. The molecule has 1 rings (SSSR count). The first-order chi connectivity index (χ1) is 6.97. The Morgan fingerprint density at radius 2 is 2.13 bits per heavy atom. The van der Waals surface area contributed by atoms with Crippen molar-refractivity contribution in [2.75, 3.05) is 5.75 Å². The highest BCUT2D eigenvalue weighted by Gasteiger charge is 2.15. The lowest BCUT2D eigenvalue weighted by molar-refractivity contribution is 0.594. The van der Waals surface area contributed by atoms with Gasteiger partial charge in [-0.2, -0.15) is 5.26 Å². The molecular formula is C9H7ClFNO2S. The number of nitriles is 1. The number of halogens is 2. The second-order valence-corrected chi connectivity index (χ2v) is 5.32. The lowest BCUT2D eigenvalue weighted by Crippen LogP contribution is -2.06. The van der Waals surface area contributed by atoms with E-state index in [1.807, 2.05) is 0 Å². The van der Waals surface area contributed by atoms with Gasteiger partial charge in [0.25, 0.3) is 0 Å². The summed E-state index contributed by atoms with van der Waals surface area (Å²) in [6, 6.07) is 4.90. The van der Waals surface area contributed by atoms with E-state index in [1.54, 1.807) is 6.07 Å². The van der Waals surface area contributed by atoms with Gasteiger partial charge in [0.15, 0.2) is 9.84 Å². The van der Waals surface area contributed by atoms with Crippen LogP contribution >= 0.6 is 11.6 Å². The van der Waals surface area contributed by atoms with Crippen LogP contribution in [0.1, 0.15) is 6.42 Å². The van der Waals surface area contributed by atoms with E-state index >= 15 is 0 Å². The van der Waals surface area contributed by atoms with E-state index in [0.717, 1.165) is 18.2 Å². The third-order valence-electron chi connectivity index (χ3n) is 1.73. The van der Waals surface area contributed by atoms with Gasteiger partial charge in [-0.05, 0) is 18.2 Å². The molecule has 0 atom stereocenters. The zero-order chi connectivity index (χ0) is 11.5. The first kappa shape index (κ1) is 12.0. The summed E-state index contributed by atoms with van der Waals surface area (Å²) < 4.78 is 35.8. The molecular weight excluding hydrogens is 241 g/mol. The summed E-state index contributed by atoms with van der Waals surface area (Å²) in [5, 5.41) is 8.03. The topological polar surface area (TPSA) is 57.9 Å². The summed E-state index contributed by atoms with van der Waals surface area (Å²) in [4.78, 5) is -0.0656. The van der Waals surface area contributed by atoms with Crippen molar-refractivity contribution < 1.29 is 12.8 Å². The SMILES string of the molecule is N#CCCS(=O)(=O)c1ccc(F)c(Cl)c1. The number of benzene rings is 1. The third-order valence-corrected chi connectivity index (χ3v) is 3.74. The van der Waals surface area contributed by atoms with Crippen LogP contribution in [0.4, 0.5) is 4.39 Å². The van der Waals surface area contributed by atoms with Crippen LogP contribution in [-0.4, -0.2) is 14.2 Å². The van der Waals surface area contributed by atoms with E-state index in [0.29, 0.717) is 0 Å². The predicted octanol–water partition coefficient (Wildman–Crippen LogP) is 2.17. The highest BCUT2D eigenvalue weighted by atomic mass is 35.5. The highest BCUT2D eigenvalue weighted by molar-refractivity contribution is 7.91. The molecule has 6 heteroatoms. The Labute approximate surface area is 92.0 Å². The van der Waals surface area contributed by atoms with Crippen molar-refractivity contribution in [3.63, 3.8) is 0 Å². The Balaban J connectivity index is 3.07. The van der Waals surface area contributed by atoms with Gasteiger partial charge in [-0.3, -0.25) is 0 Å². The Bertz CT molecular complexity index is 507. The van der Waals surface area contributed by atoms with Crippen LogP contribution in [0.2, 0.25) is 5.02 Å². The van der Waals surface area contributed by atoms with Crippen LogP contribution in [0.5, 0.6) is 0 Å². The number of rotatable bonds is 3. The average Bonchev–Trinajstić information content (AvgIpc) is 2.19. The lowest BCUT2D eigenvalue weighted by atomic mass is 10.3. The van der Waals surface area contributed by atoms with Gasteiger partial charge in [-0.15, -0.1) is 0 Å². The minimum Gasteiger partial charge on any atom is -0.224 e. The molecule has 0 aliphatic carbocycles. The van der Waals surface area contributed by atoms with Crippen molar-refractivity contribution in [3.05, 3.63) is 29.0 Å². The molecule has 0 saturated heterocycles. The summed E-state index contributed by atoms with van der Waals surface area (Å²) >= 11 is 5.45. The summed E-state index contributed by atoms with van der Waals surface area (Å²) in [6.45, 7) is 0. The molecule has 0 N–H and O–H groups in total. The molecule has 1 aromatic carbocycles. The monoisotopic (exact) mass is 247 g/mol.